The first-order chi connectivity index (χ1) is 11.7. The number of carbonyl (C=O) groups is 2. The van der Waals surface area contributed by atoms with Gasteiger partial charge >= 0.3 is 6.09 Å². The number of nitrogens with zero attached hydrogens (tertiary/aromatic N) is 2. The van der Waals surface area contributed by atoms with Gasteiger partial charge < -0.3 is 15.4 Å². The second-order valence-corrected chi connectivity index (χ2v) is 7.46. The van der Waals surface area contributed by atoms with Gasteiger partial charge in [-0.1, -0.05) is 12.1 Å². The maximum absolute atomic E-state index is 12.2. The number of ketones is 1. The van der Waals surface area contributed by atoms with E-state index in [9.17, 15) is 9.59 Å². The number of nitrogens with two attached hydrogens (primary N) is 1. The molecule has 1 aliphatic rings. The molecule has 6 nitrogen and oxygen atoms in total. The number of hydrogen-bond donors (Lipinski definition) is 1. The molecule has 0 aliphatic carbocycles. The highest BCUT2D eigenvalue weighted by atomic mass is 16.6. The zero-order valence-corrected chi connectivity index (χ0v) is 15.5. The second kappa shape index (κ2) is 8.34. The number of ether oxygens (including phenoxy) is 1. The van der Waals surface area contributed by atoms with E-state index >= 15 is 0 Å². The number of amides is 1. The largest absolute Gasteiger partial charge is 0.444 e. The van der Waals surface area contributed by atoms with Crippen LogP contribution in [0.25, 0.3) is 0 Å². The molecule has 2 rings (SSSR count). The zero-order valence-electron chi connectivity index (χ0n) is 15.5. The number of carbonyl (C=O) groups excluding carboxylic acids is 2. The molecule has 0 bridgehead atoms. The fourth-order valence-electron chi connectivity index (χ4n) is 2.80. The fraction of sp³-hybridized carbons (Fsp3) is 0.579. The number of anilines is 1. The summed E-state index contributed by atoms with van der Waals surface area (Å²) in [7, 11) is 0. The molecule has 0 atom stereocenters. The van der Waals surface area contributed by atoms with Crippen LogP contribution < -0.4 is 5.73 Å². The summed E-state index contributed by atoms with van der Waals surface area (Å²) >= 11 is 0. The highest BCUT2D eigenvalue weighted by molar-refractivity contribution is 5.96. The summed E-state index contributed by atoms with van der Waals surface area (Å²) < 4.78 is 5.40. The van der Waals surface area contributed by atoms with E-state index in [1.54, 1.807) is 29.2 Å². The monoisotopic (exact) mass is 347 g/mol. The standard InChI is InChI=1S/C19H29N3O3/c1-19(2,3)25-18(24)22-12-10-21(11-13-22)9-5-8-17(23)15-6-4-7-16(20)14-15/h4,6-7,14H,5,8-13,20H2,1-3H3. The number of piperazine rings is 1. The van der Waals surface area contributed by atoms with Gasteiger partial charge in [-0.05, 0) is 45.9 Å². The van der Waals surface area contributed by atoms with Gasteiger partial charge in [0, 0.05) is 43.9 Å². The summed E-state index contributed by atoms with van der Waals surface area (Å²) in [6.07, 6.45) is 1.07. The van der Waals surface area contributed by atoms with Crippen LogP contribution in [0.15, 0.2) is 24.3 Å². The molecule has 0 radical (unpaired) electrons. The maximum Gasteiger partial charge on any atom is 0.410 e. The van der Waals surface area contributed by atoms with Crippen LogP contribution in [-0.2, 0) is 4.74 Å². The Morgan fingerprint density at radius 3 is 2.44 bits per heavy atom. The lowest BCUT2D eigenvalue weighted by Crippen LogP contribution is -2.50. The Labute approximate surface area is 149 Å². The van der Waals surface area contributed by atoms with Gasteiger partial charge in [0.1, 0.15) is 5.60 Å². The Morgan fingerprint density at radius 1 is 1.16 bits per heavy atom. The van der Waals surface area contributed by atoms with Crippen LogP contribution in [0, 0.1) is 0 Å². The number of Topliss-reactive ketones (excluding diaryl/α,β-unsaturated/α-hetero) is 1. The molecule has 0 spiro atoms. The van der Waals surface area contributed by atoms with E-state index < -0.39 is 5.60 Å². The van der Waals surface area contributed by atoms with Crippen LogP contribution in [0.3, 0.4) is 0 Å². The molecule has 1 amide bonds. The average Bonchev–Trinajstić information content (AvgIpc) is 2.53. The molecule has 1 aromatic carbocycles. The van der Waals surface area contributed by atoms with Crippen molar-refractivity contribution in [1.82, 2.24) is 9.80 Å². The van der Waals surface area contributed by atoms with Crippen molar-refractivity contribution in [2.75, 3.05) is 38.5 Å². The van der Waals surface area contributed by atoms with Gasteiger partial charge in [0.25, 0.3) is 0 Å². The van der Waals surface area contributed by atoms with E-state index in [1.807, 2.05) is 20.8 Å². The second-order valence-electron chi connectivity index (χ2n) is 7.46. The van der Waals surface area contributed by atoms with Crippen LogP contribution in [0.5, 0.6) is 0 Å². The molecule has 6 heteroatoms. The molecule has 1 heterocycles. The number of benzene rings is 1. The van der Waals surface area contributed by atoms with Crippen molar-refractivity contribution in [3.05, 3.63) is 29.8 Å². The van der Waals surface area contributed by atoms with Gasteiger partial charge in [0.15, 0.2) is 5.78 Å². The van der Waals surface area contributed by atoms with Crippen molar-refractivity contribution >= 4 is 17.6 Å². The van der Waals surface area contributed by atoms with E-state index in [2.05, 4.69) is 4.90 Å². The molecule has 0 saturated carbocycles. The highest BCUT2D eigenvalue weighted by Gasteiger charge is 2.25. The third-order valence-electron chi connectivity index (χ3n) is 4.11. The van der Waals surface area contributed by atoms with Crippen LogP contribution in [0.1, 0.15) is 44.0 Å². The van der Waals surface area contributed by atoms with Crippen molar-refractivity contribution < 1.29 is 14.3 Å². The Morgan fingerprint density at radius 2 is 1.84 bits per heavy atom. The molecular weight excluding hydrogens is 318 g/mol. The zero-order chi connectivity index (χ0) is 18.4. The summed E-state index contributed by atoms with van der Waals surface area (Å²) in [6.45, 7) is 9.43. The van der Waals surface area contributed by atoms with Gasteiger partial charge in [-0.2, -0.15) is 0 Å². The molecule has 25 heavy (non-hydrogen) atoms. The molecule has 2 N–H and O–H groups in total. The molecule has 138 valence electrons. The van der Waals surface area contributed by atoms with Crippen LogP contribution in [0.4, 0.5) is 10.5 Å². The van der Waals surface area contributed by atoms with E-state index in [0.717, 1.165) is 26.1 Å². The fourth-order valence-corrected chi connectivity index (χ4v) is 2.80. The SMILES string of the molecule is CC(C)(C)OC(=O)N1CCN(CCCC(=O)c2cccc(N)c2)CC1. The van der Waals surface area contributed by atoms with Crippen molar-refractivity contribution in [3.63, 3.8) is 0 Å². The third-order valence-corrected chi connectivity index (χ3v) is 4.11. The number of hydrogen-bond acceptors (Lipinski definition) is 5. The predicted molar refractivity (Wildman–Crippen MR) is 98.7 cm³/mol. The molecule has 1 fully saturated rings. The topological polar surface area (TPSA) is 75.9 Å². The van der Waals surface area contributed by atoms with Gasteiger partial charge in [0.05, 0.1) is 0 Å². The quantitative estimate of drug-likeness (QED) is 0.655. The van der Waals surface area contributed by atoms with Crippen molar-refractivity contribution in [1.29, 1.82) is 0 Å². The van der Waals surface area contributed by atoms with Gasteiger partial charge in [-0.15, -0.1) is 0 Å². The smallest absolute Gasteiger partial charge is 0.410 e. The Balaban J connectivity index is 1.69. The van der Waals surface area contributed by atoms with Crippen molar-refractivity contribution in [2.24, 2.45) is 0 Å². The molecule has 1 aromatic rings. The lowest BCUT2D eigenvalue weighted by atomic mass is 10.1. The third kappa shape index (κ3) is 6.38. The Bertz CT molecular complexity index is 602. The first kappa shape index (κ1) is 19.2. The molecule has 0 aromatic heterocycles. The van der Waals surface area contributed by atoms with Crippen molar-refractivity contribution in [3.8, 4) is 0 Å². The summed E-state index contributed by atoms with van der Waals surface area (Å²) in [5.74, 6) is 0.125. The van der Waals surface area contributed by atoms with E-state index in [0.29, 0.717) is 30.8 Å². The Kier molecular flexibility index (Phi) is 6.42. The lowest BCUT2D eigenvalue weighted by molar-refractivity contribution is 0.0145. The summed E-state index contributed by atoms with van der Waals surface area (Å²) in [5.41, 5.74) is 6.54. The van der Waals surface area contributed by atoms with Crippen molar-refractivity contribution in [2.45, 2.75) is 39.2 Å². The van der Waals surface area contributed by atoms with Gasteiger partial charge in [-0.3, -0.25) is 9.69 Å². The van der Waals surface area contributed by atoms with E-state index in [1.165, 1.54) is 0 Å². The van der Waals surface area contributed by atoms with Gasteiger partial charge in [0.2, 0.25) is 0 Å². The van der Waals surface area contributed by atoms with E-state index in [4.69, 9.17) is 10.5 Å². The summed E-state index contributed by atoms with van der Waals surface area (Å²) in [5, 5.41) is 0. The average molecular weight is 347 g/mol. The van der Waals surface area contributed by atoms with Crippen LogP contribution in [0.2, 0.25) is 0 Å². The molecular formula is C19H29N3O3. The molecule has 1 aliphatic heterocycles. The summed E-state index contributed by atoms with van der Waals surface area (Å²) in [6, 6.07) is 7.11. The highest BCUT2D eigenvalue weighted by Crippen LogP contribution is 2.13. The number of rotatable bonds is 5. The van der Waals surface area contributed by atoms with Crippen LogP contribution in [-0.4, -0.2) is 60.0 Å². The first-order valence-corrected chi connectivity index (χ1v) is 8.83. The maximum atomic E-state index is 12.2. The lowest BCUT2D eigenvalue weighted by Gasteiger charge is -2.35. The first-order valence-electron chi connectivity index (χ1n) is 8.83. The minimum absolute atomic E-state index is 0.125. The predicted octanol–water partition coefficient (Wildman–Crippen LogP) is 2.78. The summed E-state index contributed by atoms with van der Waals surface area (Å²) in [4.78, 5) is 28.2. The minimum atomic E-state index is -0.463. The van der Waals surface area contributed by atoms with Crippen LogP contribution >= 0.6 is 0 Å². The normalized spacial score (nSPS) is 15.9. The number of nitrogen functional groups attached to an aromatic ring is 1. The minimum Gasteiger partial charge on any atom is -0.444 e. The molecule has 1 saturated heterocycles. The van der Waals surface area contributed by atoms with Gasteiger partial charge in [-0.25, -0.2) is 4.79 Å². The van der Waals surface area contributed by atoms with E-state index in [-0.39, 0.29) is 11.9 Å². The Hall–Kier alpha value is -2.08. The molecule has 0 unspecified atom stereocenters.